The van der Waals surface area contributed by atoms with Gasteiger partial charge in [0.1, 0.15) is 11.9 Å². The Morgan fingerprint density at radius 1 is 1.33 bits per heavy atom. The van der Waals surface area contributed by atoms with E-state index in [9.17, 15) is 9.59 Å². The highest BCUT2D eigenvalue weighted by Crippen LogP contribution is 2.41. The van der Waals surface area contributed by atoms with Crippen LogP contribution in [0.25, 0.3) is 10.4 Å². The highest BCUT2D eigenvalue weighted by molar-refractivity contribution is 7.17. The number of Topliss-reactive ketones (excluding diaryl/α,β-unsaturated/α-hetero) is 1. The molecule has 0 bridgehead atoms. The van der Waals surface area contributed by atoms with Crippen LogP contribution in [-0.4, -0.2) is 24.3 Å². The topological polar surface area (TPSA) is 55.4 Å². The molecule has 2 aromatic rings. The molecule has 2 aliphatic rings. The Morgan fingerprint density at radius 3 is 2.89 bits per heavy atom. The van der Waals surface area contributed by atoms with Crippen LogP contribution in [-0.2, 0) is 11.2 Å². The zero-order chi connectivity index (χ0) is 19.0. The summed E-state index contributed by atoms with van der Waals surface area (Å²) < 4.78 is 5.97. The van der Waals surface area contributed by atoms with E-state index in [2.05, 4.69) is 11.4 Å². The van der Waals surface area contributed by atoms with Gasteiger partial charge < -0.3 is 10.1 Å². The number of nitrogens with one attached hydrogen (secondary N) is 1. The van der Waals surface area contributed by atoms with Crippen LogP contribution in [0.15, 0.2) is 35.9 Å². The largest absolute Gasteiger partial charge is 0.486 e. The summed E-state index contributed by atoms with van der Waals surface area (Å²) in [6, 6.07) is 7.73. The second-order valence-electron chi connectivity index (χ2n) is 6.94. The molecule has 0 radical (unpaired) electrons. The van der Waals surface area contributed by atoms with Crippen molar-refractivity contribution in [1.82, 2.24) is 5.32 Å². The molecular weight excluding hydrogens is 382 g/mol. The summed E-state index contributed by atoms with van der Waals surface area (Å²) in [4.78, 5) is 25.4. The summed E-state index contributed by atoms with van der Waals surface area (Å²) in [5, 5.41) is 3.53. The fourth-order valence-electron chi connectivity index (χ4n) is 3.52. The molecule has 0 fully saturated rings. The van der Waals surface area contributed by atoms with Crippen molar-refractivity contribution in [2.75, 3.05) is 6.54 Å². The van der Waals surface area contributed by atoms with E-state index in [4.69, 9.17) is 16.3 Å². The van der Waals surface area contributed by atoms with E-state index >= 15 is 0 Å². The molecule has 0 saturated carbocycles. The van der Waals surface area contributed by atoms with Gasteiger partial charge in [-0.2, -0.15) is 0 Å². The van der Waals surface area contributed by atoms with Crippen LogP contribution < -0.4 is 10.1 Å². The summed E-state index contributed by atoms with van der Waals surface area (Å²) in [7, 11) is 0. The van der Waals surface area contributed by atoms with E-state index in [0.717, 1.165) is 45.7 Å². The molecule has 1 aromatic carbocycles. The Bertz CT molecular complexity index is 947. The Hall–Kier alpha value is -2.11. The maximum Gasteiger partial charge on any atom is 0.247 e. The summed E-state index contributed by atoms with van der Waals surface area (Å²) in [5.41, 5.74) is 2.90. The van der Waals surface area contributed by atoms with Gasteiger partial charge in [-0.3, -0.25) is 9.59 Å². The van der Waals surface area contributed by atoms with Gasteiger partial charge in [0.25, 0.3) is 0 Å². The highest BCUT2D eigenvalue weighted by Gasteiger charge is 2.27. The zero-order valence-electron chi connectivity index (χ0n) is 15.0. The Morgan fingerprint density at radius 2 is 2.19 bits per heavy atom. The Kier molecular flexibility index (Phi) is 5.06. The molecule has 0 spiro atoms. The molecule has 2 heterocycles. The minimum Gasteiger partial charge on any atom is -0.486 e. The van der Waals surface area contributed by atoms with Crippen molar-refractivity contribution >= 4 is 34.6 Å². The van der Waals surface area contributed by atoms with E-state index in [-0.39, 0.29) is 17.8 Å². The molecule has 0 saturated heterocycles. The smallest absolute Gasteiger partial charge is 0.247 e. The van der Waals surface area contributed by atoms with E-state index in [1.807, 2.05) is 24.3 Å². The second kappa shape index (κ2) is 7.49. The molecule has 140 valence electrons. The maximum absolute atomic E-state index is 12.2. The van der Waals surface area contributed by atoms with Crippen LogP contribution in [0.5, 0.6) is 5.75 Å². The van der Waals surface area contributed by atoms with Crippen molar-refractivity contribution in [1.29, 1.82) is 0 Å². The predicted octanol–water partition coefficient (Wildman–Crippen LogP) is 4.80. The number of amides is 1. The van der Waals surface area contributed by atoms with Crippen molar-refractivity contribution < 1.29 is 14.3 Å². The van der Waals surface area contributed by atoms with Crippen molar-refractivity contribution in [2.24, 2.45) is 0 Å². The summed E-state index contributed by atoms with van der Waals surface area (Å²) in [6.45, 7) is 2.03. The van der Waals surface area contributed by atoms with E-state index < -0.39 is 0 Å². The molecule has 6 heteroatoms. The molecule has 1 aliphatic carbocycles. The lowest BCUT2D eigenvalue weighted by molar-refractivity contribution is -0.117. The third-order valence-corrected chi connectivity index (χ3v) is 6.43. The molecule has 1 amide bonds. The lowest BCUT2D eigenvalue weighted by atomic mass is 10.1. The SMILES string of the molecule is CC(=O)c1ccc(-c2cc(Cl)c3c(c2)C[C@H](CNC(=O)C2=CCCC2)O3)s1. The van der Waals surface area contributed by atoms with Crippen molar-refractivity contribution in [3.8, 4) is 16.2 Å². The maximum atomic E-state index is 12.2. The normalized spacial score (nSPS) is 18.0. The molecular formula is C21H20ClNO3S. The minimum atomic E-state index is -0.116. The standard InChI is InChI=1S/C21H20ClNO3S/c1-12(24)18-6-7-19(27-18)14-8-15-9-16(26-20(15)17(22)10-14)11-23-21(25)13-4-2-3-5-13/h4,6-8,10,16H,2-3,5,9,11H2,1H3,(H,23,25)/t16-/m1/s1. The van der Waals surface area contributed by atoms with Gasteiger partial charge in [-0.1, -0.05) is 17.7 Å². The molecule has 4 nitrogen and oxygen atoms in total. The molecule has 4 rings (SSSR count). The number of hydrogen-bond donors (Lipinski definition) is 1. The Labute approximate surface area is 167 Å². The number of hydrogen-bond acceptors (Lipinski definition) is 4. The number of rotatable bonds is 5. The van der Waals surface area contributed by atoms with Gasteiger partial charge in [-0.15, -0.1) is 11.3 Å². The lowest BCUT2D eigenvalue weighted by Gasteiger charge is -2.12. The quantitative estimate of drug-likeness (QED) is 0.732. The monoisotopic (exact) mass is 401 g/mol. The van der Waals surface area contributed by atoms with Gasteiger partial charge in [0.2, 0.25) is 5.91 Å². The van der Waals surface area contributed by atoms with Gasteiger partial charge in [0.15, 0.2) is 5.78 Å². The number of carbonyl (C=O) groups is 2. The fraction of sp³-hybridized carbons (Fsp3) is 0.333. The summed E-state index contributed by atoms with van der Waals surface area (Å²) >= 11 is 7.91. The van der Waals surface area contributed by atoms with E-state index in [1.54, 1.807) is 6.92 Å². The average molecular weight is 402 g/mol. The number of benzene rings is 1. The number of ether oxygens (including phenoxy) is 1. The average Bonchev–Trinajstić information content (AvgIpc) is 3.39. The van der Waals surface area contributed by atoms with Gasteiger partial charge in [-0.25, -0.2) is 0 Å². The number of halogens is 1. The van der Waals surface area contributed by atoms with Gasteiger partial charge in [0.05, 0.1) is 16.4 Å². The number of ketones is 1. The van der Waals surface area contributed by atoms with Crippen molar-refractivity contribution in [3.63, 3.8) is 0 Å². The number of carbonyl (C=O) groups excluding carboxylic acids is 2. The van der Waals surface area contributed by atoms with Crippen LogP contribution >= 0.6 is 22.9 Å². The molecule has 1 aliphatic heterocycles. The first-order valence-corrected chi connectivity index (χ1v) is 10.3. The van der Waals surface area contributed by atoms with Crippen LogP contribution in [0.1, 0.15) is 41.4 Å². The molecule has 27 heavy (non-hydrogen) atoms. The van der Waals surface area contributed by atoms with Crippen LogP contribution in [0.3, 0.4) is 0 Å². The van der Waals surface area contributed by atoms with Gasteiger partial charge >= 0.3 is 0 Å². The first-order chi connectivity index (χ1) is 13.0. The Balaban J connectivity index is 1.46. The molecule has 1 atom stereocenters. The first kappa shape index (κ1) is 18.3. The van der Waals surface area contributed by atoms with Gasteiger partial charge in [-0.05, 0) is 56.0 Å². The van der Waals surface area contributed by atoms with Crippen LogP contribution in [0.4, 0.5) is 0 Å². The first-order valence-electron chi connectivity index (χ1n) is 9.08. The van der Waals surface area contributed by atoms with E-state index in [0.29, 0.717) is 23.7 Å². The number of thiophene rings is 1. The summed E-state index contributed by atoms with van der Waals surface area (Å²) in [5.74, 6) is 0.771. The minimum absolute atomic E-state index is 0.00851. The molecule has 0 unspecified atom stereocenters. The van der Waals surface area contributed by atoms with Crippen LogP contribution in [0, 0.1) is 0 Å². The number of allylic oxidation sites excluding steroid dienone is 1. The van der Waals surface area contributed by atoms with Gasteiger partial charge in [0, 0.05) is 22.4 Å². The predicted molar refractivity (Wildman–Crippen MR) is 108 cm³/mol. The fourth-order valence-corrected chi connectivity index (χ4v) is 4.70. The second-order valence-corrected chi connectivity index (χ2v) is 8.43. The third kappa shape index (κ3) is 3.80. The van der Waals surface area contributed by atoms with Crippen LogP contribution in [0.2, 0.25) is 5.02 Å². The lowest BCUT2D eigenvalue weighted by Crippen LogP contribution is -2.35. The van der Waals surface area contributed by atoms with Crippen molar-refractivity contribution in [3.05, 3.63) is 51.4 Å². The summed E-state index contributed by atoms with van der Waals surface area (Å²) in [6.07, 6.45) is 5.50. The highest BCUT2D eigenvalue weighted by atomic mass is 35.5. The molecule has 1 N–H and O–H groups in total. The number of fused-ring (bicyclic) bond motifs is 1. The van der Waals surface area contributed by atoms with E-state index in [1.165, 1.54) is 11.3 Å². The van der Waals surface area contributed by atoms with Crippen molar-refractivity contribution in [2.45, 2.75) is 38.7 Å². The third-order valence-electron chi connectivity index (χ3n) is 4.91. The zero-order valence-corrected chi connectivity index (χ0v) is 16.6. The molecule has 1 aromatic heterocycles.